The van der Waals surface area contributed by atoms with Crippen molar-refractivity contribution >= 4 is 23.2 Å². The molecule has 0 radical (unpaired) electrons. The van der Waals surface area contributed by atoms with Gasteiger partial charge in [-0.1, -0.05) is 44.2 Å². The summed E-state index contributed by atoms with van der Waals surface area (Å²) in [5.41, 5.74) is 2.53. The Hall–Kier alpha value is -2.18. The van der Waals surface area contributed by atoms with E-state index >= 15 is 0 Å². The molecule has 0 aliphatic heterocycles. The minimum absolute atomic E-state index is 0.0589. The number of thiophene rings is 1. The maximum Gasteiger partial charge on any atom is 0.277 e. The van der Waals surface area contributed by atoms with E-state index in [1.54, 1.807) is 25.4 Å². The summed E-state index contributed by atoms with van der Waals surface area (Å²) >= 11 is 1.69. The van der Waals surface area contributed by atoms with E-state index in [0.29, 0.717) is 12.5 Å². The number of nitrogens with zero attached hydrogens (tertiary/aromatic N) is 1. The third-order valence-corrected chi connectivity index (χ3v) is 5.90. The van der Waals surface area contributed by atoms with E-state index in [4.69, 9.17) is 0 Å². The number of nitrogens with one attached hydrogen (secondary N) is 1. The van der Waals surface area contributed by atoms with Gasteiger partial charge in [-0.25, -0.2) is 0 Å². The third kappa shape index (κ3) is 5.91. The number of likely N-dealkylation sites (N-methyl/N-ethyl adjacent to an activating group) is 2. The Balaban J connectivity index is 2.10. The van der Waals surface area contributed by atoms with E-state index < -0.39 is 0 Å². The van der Waals surface area contributed by atoms with Crippen molar-refractivity contribution in [3.63, 3.8) is 0 Å². The van der Waals surface area contributed by atoms with Gasteiger partial charge in [-0.2, -0.15) is 0 Å². The fourth-order valence-electron chi connectivity index (χ4n) is 2.91. The Labute approximate surface area is 165 Å². The molecule has 0 fully saturated rings. The van der Waals surface area contributed by atoms with Crippen LogP contribution in [-0.4, -0.2) is 43.9 Å². The molecule has 27 heavy (non-hydrogen) atoms. The summed E-state index contributed by atoms with van der Waals surface area (Å²) in [7, 11) is 3.23. The van der Waals surface area contributed by atoms with Crippen LogP contribution in [-0.2, 0) is 9.59 Å². The van der Waals surface area contributed by atoms with Crippen LogP contribution in [0.1, 0.15) is 48.2 Å². The van der Waals surface area contributed by atoms with Crippen LogP contribution in [0, 0.1) is 0 Å². The maximum absolute atomic E-state index is 12.4. The average Bonchev–Trinajstić information content (AvgIpc) is 3.22. The van der Waals surface area contributed by atoms with Gasteiger partial charge >= 0.3 is 0 Å². The zero-order chi connectivity index (χ0) is 19.8. The van der Waals surface area contributed by atoms with Crippen LogP contribution >= 0.6 is 11.3 Å². The van der Waals surface area contributed by atoms with Crippen LogP contribution in [0.3, 0.4) is 0 Å². The summed E-state index contributed by atoms with van der Waals surface area (Å²) in [6, 6.07) is 12.9. The number of rotatable bonds is 9. The largest absolute Gasteiger partial charge is 0.358 e. The number of quaternary nitrogens is 1. The summed E-state index contributed by atoms with van der Waals surface area (Å²) in [6.45, 7) is 4.81. The summed E-state index contributed by atoms with van der Waals surface area (Å²) < 4.78 is 0. The van der Waals surface area contributed by atoms with E-state index in [0.717, 1.165) is 6.42 Å². The Kier molecular flexibility index (Phi) is 8.00. The van der Waals surface area contributed by atoms with Crippen LogP contribution in [0.2, 0.25) is 0 Å². The monoisotopic (exact) mass is 388 g/mol. The lowest BCUT2D eigenvalue weighted by Crippen LogP contribution is -2.87. The molecular weight excluding hydrogens is 358 g/mol. The van der Waals surface area contributed by atoms with Gasteiger partial charge in [0.1, 0.15) is 6.04 Å². The van der Waals surface area contributed by atoms with E-state index in [2.05, 4.69) is 54.9 Å². The van der Waals surface area contributed by atoms with Gasteiger partial charge in [-0.3, -0.25) is 9.59 Å². The molecule has 0 aliphatic rings. The van der Waals surface area contributed by atoms with Gasteiger partial charge in [-0.15, -0.1) is 11.3 Å². The Bertz CT molecular complexity index is 728. The van der Waals surface area contributed by atoms with Gasteiger partial charge in [0.2, 0.25) is 5.91 Å². The predicted molar refractivity (Wildman–Crippen MR) is 110 cm³/mol. The second-order valence-electron chi connectivity index (χ2n) is 6.83. The highest BCUT2D eigenvalue weighted by Crippen LogP contribution is 2.25. The van der Waals surface area contributed by atoms with Crippen LogP contribution in [0.4, 0.5) is 0 Å². The summed E-state index contributed by atoms with van der Waals surface area (Å²) in [6.07, 6.45) is 1.12. The van der Waals surface area contributed by atoms with E-state index in [-0.39, 0.29) is 24.4 Å². The molecule has 3 N–H and O–H groups in total. The third-order valence-electron chi connectivity index (χ3n) is 4.94. The normalized spacial score (nSPS) is 13.0. The lowest BCUT2D eigenvalue weighted by molar-refractivity contribution is -0.676. The van der Waals surface area contributed by atoms with Gasteiger partial charge in [0, 0.05) is 19.7 Å². The summed E-state index contributed by atoms with van der Waals surface area (Å²) in [5.74, 6) is 0.320. The van der Waals surface area contributed by atoms with Crippen LogP contribution < -0.4 is 10.6 Å². The van der Waals surface area contributed by atoms with E-state index in [1.807, 2.05) is 11.4 Å². The molecule has 0 saturated carbocycles. The number of carbonyl (C=O) groups excluding carboxylic acids is 2. The summed E-state index contributed by atoms with van der Waals surface area (Å²) in [5, 5.41) is 6.65. The minimum Gasteiger partial charge on any atom is -0.358 e. The van der Waals surface area contributed by atoms with E-state index in [9.17, 15) is 9.59 Å². The Morgan fingerprint density at radius 2 is 1.85 bits per heavy atom. The minimum atomic E-state index is -0.165. The van der Waals surface area contributed by atoms with Crippen LogP contribution in [0.25, 0.3) is 0 Å². The first-order valence-electron chi connectivity index (χ1n) is 9.37. The average molecular weight is 389 g/mol. The van der Waals surface area contributed by atoms with E-state index in [1.165, 1.54) is 20.9 Å². The second-order valence-corrected chi connectivity index (χ2v) is 7.81. The first kappa shape index (κ1) is 21.1. The molecule has 1 aromatic heterocycles. The SMILES string of the molecule is CC[C@H](C)c1ccc([C@H]([NH2+]CC(=O)N(C)CC(=O)NC)c2cccs2)cc1. The molecule has 0 bridgehead atoms. The molecule has 0 saturated heterocycles. The predicted octanol–water partition coefficient (Wildman–Crippen LogP) is 2.12. The summed E-state index contributed by atoms with van der Waals surface area (Å²) in [4.78, 5) is 26.6. The number of carbonyl (C=O) groups is 2. The smallest absolute Gasteiger partial charge is 0.277 e. The molecule has 2 amide bonds. The first-order valence-corrected chi connectivity index (χ1v) is 10.2. The number of hydrogen-bond acceptors (Lipinski definition) is 3. The highest BCUT2D eigenvalue weighted by atomic mass is 32.1. The first-order chi connectivity index (χ1) is 13.0. The molecule has 0 unspecified atom stereocenters. The lowest BCUT2D eigenvalue weighted by atomic mass is 9.95. The Morgan fingerprint density at radius 3 is 2.41 bits per heavy atom. The Morgan fingerprint density at radius 1 is 1.19 bits per heavy atom. The molecule has 146 valence electrons. The number of amides is 2. The van der Waals surface area contributed by atoms with Gasteiger partial charge < -0.3 is 15.5 Å². The van der Waals surface area contributed by atoms with Crippen molar-refractivity contribution in [3.05, 3.63) is 57.8 Å². The van der Waals surface area contributed by atoms with Gasteiger partial charge in [0.25, 0.3) is 5.91 Å². The van der Waals surface area contributed by atoms with Gasteiger partial charge in [0.05, 0.1) is 11.4 Å². The molecule has 2 atom stereocenters. The quantitative estimate of drug-likeness (QED) is 0.691. The van der Waals surface area contributed by atoms with Crippen molar-refractivity contribution in [2.75, 3.05) is 27.2 Å². The number of benzene rings is 1. The zero-order valence-corrected chi connectivity index (χ0v) is 17.4. The highest BCUT2D eigenvalue weighted by Gasteiger charge is 2.22. The van der Waals surface area contributed by atoms with Crippen LogP contribution in [0.5, 0.6) is 0 Å². The highest BCUT2D eigenvalue weighted by molar-refractivity contribution is 7.10. The van der Waals surface area contributed by atoms with Crippen molar-refractivity contribution < 1.29 is 14.9 Å². The molecule has 2 aromatic rings. The van der Waals surface area contributed by atoms with Gasteiger partial charge in [0.15, 0.2) is 6.54 Å². The van der Waals surface area contributed by atoms with Crippen molar-refractivity contribution in [2.24, 2.45) is 0 Å². The molecule has 1 heterocycles. The van der Waals surface area contributed by atoms with Crippen molar-refractivity contribution in [1.82, 2.24) is 10.2 Å². The topological polar surface area (TPSA) is 66.0 Å². The van der Waals surface area contributed by atoms with Crippen molar-refractivity contribution in [2.45, 2.75) is 32.2 Å². The molecule has 6 heteroatoms. The standard InChI is InChI=1S/C21H29N3O2S/c1-5-15(2)16-8-10-17(11-9-16)21(18-7-6-12-27-18)23-13-20(26)24(4)14-19(25)22-3/h6-12,15,21,23H,5,13-14H2,1-4H3,(H,22,25)/p+1/t15-,21-/m0/s1. The maximum atomic E-state index is 12.4. The fourth-order valence-corrected chi connectivity index (χ4v) is 3.76. The molecule has 5 nitrogen and oxygen atoms in total. The molecule has 2 rings (SSSR count). The second kappa shape index (κ2) is 10.2. The van der Waals surface area contributed by atoms with Crippen molar-refractivity contribution in [3.8, 4) is 0 Å². The fraction of sp³-hybridized carbons (Fsp3) is 0.429. The van der Waals surface area contributed by atoms with Crippen LogP contribution in [0.15, 0.2) is 41.8 Å². The number of nitrogens with two attached hydrogens (primary N) is 1. The zero-order valence-electron chi connectivity index (χ0n) is 16.6. The molecule has 0 spiro atoms. The molecular formula is C21H30N3O2S+. The van der Waals surface area contributed by atoms with Crippen molar-refractivity contribution in [1.29, 1.82) is 0 Å². The molecule has 0 aliphatic carbocycles. The number of hydrogen-bond donors (Lipinski definition) is 2. The van der Waals surface area contributed by atoms with Gasteiger partial charge in [-0.05, 0) is 29.3 Å². The molecule has 1 aromatic carbocycles. The lowest BCUT2D eigenvalue weighted by Gasteiger charge is -2.19.